The minimum absolute atomic E-state index is 0.124. The van der Waals surface area contributed by atoms with Crippen molar-refractivity contribution in [3.8, 4) is 5.75 Å². The van der Waals surface area contributed by atoms with Crippen molar-refractivity contribution in [1.29, 1.82) is 0 Å². The van der Waals surface area contributed by atoms with Crippen LogP contribution in [0.3, 0.4) is 0 Å². The van der Waals surface area contributed by atoms with Crippen LogP contribution in [0.25, 0.3) is 5.70 Å². The number of morpholine rings is 1. The molecule has 0 radical (unpaired) electrons. The second-order valence-corrected chi connectivity index (χ2v) is 11.6. The molecule has 0 atom stereocenters. The van der Waals surface area contributed by atoms with Gasteiger partial charge in [0.25, 0.3) is 5.91 Å². The Morgan fingerprint density at radius 2 is 1.90 bits per heavy atom. The number of anilines is 2. The maximum absolute atomic E-state index is 13.6. The SMILES string of the molecule is COc1c(CN2CCOCC2)cc(C(C)(C)C)cc1NC(=O)c1ccc(C)c(N(N)/C=C(\N)c2cnn(C)c2C)c1. The zero-order valence-corrected chi connectivity index (χ0v) is 25.2. The van der Waals surface area contributed by atoms with Crippen molar-refractivity contribution in [2.75, 3.05) is 43.7 Å². The molecule has 0 saturated carbocycles. The third kappa shape index (κ3) is 6.90. The first-order chi connectivity index (χ1) is 19.4. The summed E-state index contributed by atoms with van der Waals surface area (Å²) in [6, 6.07) is 9.61. The average molecular weight is 562 g/mol. The van der Waals surface area contributed by atoms with Crippen molar-refractivity contribution < 1.29 is 14.3 Å². The van der Waals surface area contributed by atoms with Gasteiger partial charge in [0.15, 0.2) is 0 Å². The summed E-state index contributed by atoms with van der Waals surface area (Å²) in [5.41, 5.74) is 13.2. The lowest BCUT2D eigenvalue weighted by Crippen LogP contribution is -2.35. The lowest BCUT2D eigenvalue weighted by atomic mass is 9.85. The van der Waals surface area contributed by atoms with Gasteiger partial charge in [-0.05, 0) is 48.6 Å². The van der Waals surface area contributed by atoms with E-state index >= 15 is 0 Å². The number of nitrogens with zero attached hydrogens (tertiary/aromatic N) is 4. The number of methoxy groups -OCH3 is 1. The number of ether oxygens (including phenoxy) is 2. The normalized spacial score (nSPS) is 14.7. The minimum Gasteiger partial charge on any atom is -0.494 e. The molecule has 1 aliphatic rings. The number of amides is 1. The van der Waals surface area contributed by atoms with Crippen LogP contribution in [0.5, 0.6) is 5.75 Å². The van der Waals surface area contributed by atoms with E-state index in [-0.39, 0.29) is 11.3 Å². The maximum atomic E-state index is 13.6. The molecule has 1 amide bonds. The van der Waals surface area contributed by atoms with E-state index in [0.29, 0.717) is 48.1 Å². The van der Waals surface area contributed by atoms with E-state index in [1.165, 1.54) is 5.01 Å². The van der Waals surface area contributed by atoms with Gasteiger partial charge < -0.3 is 20.5 Å². The molecule has 0 bridgehead atoms. The maximum Gasteiger partial charge on any atom is 0.255 e. The van der Waals surface area contributed by atoms with E-state index in [9.17, 15) is 4.79 Å². The van der Waals surface area contributed by atoms with E-state index in [2.05, 4.69) is 42.2 Å². The first-order valence-corrected chi connectivity index (χ1v) is 13.8. The van der Waals surface area contributed by atoms with Gasteiger partial charge in [0, 0.05) is 55.3 Å². The summed E-state index contributed by atoms with van der Waals surface area (Å²) < 4.78 is 13.1. The summed E-state index contributed by atoms with van der Waals surface area (Å²) in [6.07, 6.45) is 3.35. The molecule has 2 heterocycles. The molecule has 0 aliphatic carbocycles. The third-order valence-corrected chi connectivity index (χ3v) is 7.56. The Morgan fingerprint density at radius 3 is 2.51 bits per heavy atom. The van der Waals surface area contributed by atoms with Crippen LogP contribution in [-0.2, 0) is 23.7 Å². The molecule has 4 rings (SSSR count). The highest BCUT2D eigenvalue weighted by atomic mass is 16.5. The van der Waals surface area contributed by atoms with Gasteiger partial charge in [-0.1, -0.05) is 32.9 Å². The van der Waals surface area contributed by atoms with Gasteiger partial charge in [-0.3, -0.25) is 19.4 Å². The Hall–Kier alpha value is -3.86. The van der Waals surface area contributed by atoms with E-state index in [1.54, 1.807) is 36.3 Å². The van der Waals surface area contributed by atoms with Gasteiger partial charge in [0.1, 0.15) is 5.75 Å². The molecule has 0 spiro atoms. The smallest absolute Gasteiger partial charge is 0.255 e. The first kappa shape index (κ1) is 30.1. The van der Waals surface area contributed by atoms with E-state index < -0.39 is 0 Å². The molecule has 41 heavy (non-hydrogen) atoms. The molecule has 1 aliphatic heterocycles. The fraction of sp³-hybridized carbons (Fsp3) is 0.419. The van der Waals surface area contributed by atoms with Gasteiger partial charge in [-0.15, -0.1) is 0 Å². The zero-order chi connectivity index (χ0) is 29.9. The number of hydrazine groups is 1. The second-order valence-electron chi connectivity index (χ2n) is 11.6. The highest BCUT2D eigenvalue weighted by Crippen LogP contribution is 2.36. The van der Waals surface area contributed by atoms with E-state index in [4.69, 9.17) is 21.1 Å². The van der Waals surface area contributed by atoms with Crippen molar-refractivity contribution in [2.45, 2.75) is 46.6 Å². The van der Waals surface area contributed by atoms with Crippen molar-refractivity contribution in [1.82, 2.24) is 14.7 Å². The summed E-state index contributed by atoms with van der Waals surface area (Å²) in [5, 5.41) is 8.80. The van der Waals surface area contributed by atoms with Gasteiger partial charge >= 0.3 is 0 Å². The molecule has 10 nitrogen and oxygen atoms in total. The van der Waals surface area contributed by atoms with Crippen molar-refractivity contribution in [3.05, 3.63) is 76.2 Å². The Balaban J connectivity index is 1.64. The van der Waals surface area contributed by atoms with Gasteiger partial charge in [0.05, 0.1) is 43.6 Å². The minimum atomic E-state index is -0.263. The summed E-state index contributed by atoms with van der Waals surface area (Å²) in [7, 11) is 3.50. The van der Waals surface area contributed by atoms with Crippen LogP contribution in [0, 0.1) is 13.8 Å². The van der Waals surface area contributed by atoms with E-state index in [0.717, 1.165) is 41.0 Å². The lowest BCUT2D eigenvalue weighted by molar-refractivity contribution is 0.0339. The van der Waals surface area contributed by atoms with Crippen LogP contribution in [0.4, 0.5) is 11.4 Å². The molecule has 3 aromatic rings. The number of aryl methyl sites for hydroxylation is 2. The lowest BCUT2D eigenvalue weighted by Gasteiger charge is -2.29. The van der Waals surface area contributed by atoms with Gasteiger partial charge in [-0.25, -0.2) is 5.84 Å². The van der Waals surface area contributed by atoms with E-state index in [1.807, 2.05) is 33.0 Å². The van der Waals surface area contributed by atoms with Crippen LogP contribution in [0.1, 0.15) is 59.1 Å². The van der Waals surface area contributed by atoms with Crippen LogP contribution >= 0.6 is 0 Å². The fourth-order valence-corrected chi connectivity index (χ4v) is 4.87. The molecule has 1 fully saturated rings. The predicted molar refractivity (Wildman–Crippen MR) is 164 cm³/mol. The third-order valence-electron chi connectivity index (χ3n) is 7.56. The fourth-order valence-electron chi connectivity index (χ4n) is 4.87. The van der Waals surface area contributed by atoms with Crippen molar-refractivity contribution in [2.24, 2.45) is 18.6 Å². The molecule has 2 aromatic carbocycles. The van der Waals surface area contributed by atoms with Gasteiger partial charge in [0.2, 0.25) is 0 Å². The number of carbonyl (C=O) groups is 1. The largest absolute Gasteiger partial charge is 0.494 e. The molecule has 220 valence electrons. The molecule has 10 heteroatoms. The first-order valence-electron chi connectivity index (χ1n) is 13.8. The Kier molecular flexibility index (Phi) is 9.06. The molecular formula is C31H43N7O3. The topological polar surface area (TPSA) is 124 Å². The van der Waals surface area contributed by atoms with Crippen molar-refractivity contribution in [3.63, 3.8) is 0 Å². The standard InChI is InChI=1S/C31H43N7O3/c1-20-8-9-22(15-28(20)38(33)19-26(32)25-17-34-36(6)21(25)2)30(39)35-27-16-24(31(3,4)5)14-23(29(27)40-7)18-37-10-12-41-13-11-37/h8-9,14-17,19H,10-13,18,32-33H2,1-7H3,(H,35,39)/b26-19-. The summed E-state index contributed by atoms with van der Waals surface area (Å²) in [4.78, 5) is 16.0. The zero-order valence-electron chi connectivity index (χ0n) is 25.2. The average Bonchev–Trinajstić information content (AvgIpc) is 3.26. The molecule has 0 unspecified atom stereocenters. The van der Waals surface area contributed by atoms with Crippen LogP contribution in [0.2, 0.25) is 0 Å². The molecule has 1 aromatic heterocycles. The van der Waals surface area contributed by atoms with Gasteiger partial charge in [-0.2, -0.15) is 5.10 Å². The predicted octanol–water partition coefficient (Wildman–Crippen LogP) is 4.06. The number of nitrogens with one attached hydrogen (secondary N) is 1. The quantitative estimate of drug-likeness (QED) is 0.278. The van der Waals surface area contributed by atoms with Crippen LogP contribution in [-0.4, -0.2) is 54.0 Å². The van der Waals surface area contributed by atoms with Crippen LogP contribution in [0.15, 0.2) is 42.7 Å². The Bertz CT molecular complexity index is 1430. The number of hydrogen-bond acceptors (Lipinski definition) is 8. The van der Waals surface area contributed by atoms with Crippen molar-refractivity contribution >= 4 is 23.0 Å². The number of nitrogens with two attached hydrogens (primary N) is 2. The molecule has 1 saturated heterocycles. The highest BCUT2D eigenvalue weighted by Gasteiger charge is 2.23. The summed E-state index contributed by atoms with van der Waals surface area (Å²) >= 11 is 0. The Morgan fingerprint density at radius 1 is 1.20 bits per heavy atom. The number of rotatable bonds is 8. The summed E-state index contributed by atoms with van der Waals surface area (Å²) in [5.74, 6) is 6.82. The Labute approximate surface area is 242 Å². The summed E-state index contributed by atoms with van der Waals surface area (Å²) in [6.45, 7) is 14.2. The number of carbonyl (C=O) groups excluding carboxylic acids is 1. The second kappa shape index (κ2) is 12.3. The monoisotopic (exact) mass is 561 g/mol. The number of hydrogen-bond donors (Lipinski definition) is 3. The molecular weight excluding hydrogens is 518 g/mol. The molecule has 5 N–H and O–H groups in total. The number of aromatic nitrogens is 2. The van der Waals surface area contributed by atoms with Crippen LogP contribution < -0.4 is 26.6 Å². The number of benzene rings is 2. The highest BCUT2D eigenvalue weighted by molar-refractivity contribution is 6.06.